The van der Waals surface area contributed by atoms with Crippen molar-refractivity contribution in [3.8, 4) is 0 Å². The Hall–Kier alpha value is -0.0800. The van der Waals surface area contributed by atoms with Crippen LogP contribution < -0.4 is 5.32 Å². The highest BCUT2D eigenvalue weighted by Gasteiger charge is 2.37. The molecule has 2 nitrogen and oxygen atoms in total. The van der Waals surface area contributed by atoms with Gasteiger partial charge in [0.05, 0.1) is 0 Å². The Kier molecular flexibility index (Phi) is 5.61. The third-order valence-corrected chi connectivity index (χ3v) is 6.70. The van der Waals surface area contributed by atoms with E-state index in [0.717, 1.165) is 23.9 Å². The molecule has 2 heteroatoms. The van der Waals surface area contributed by atoms with Crippen molar-refractivity contribution in [2.24, 2.45) is 11.3 Å². The summed E-state index contributed by atoms with van der Waals surface area (Å²) in [5.74, 6) is 0.907. The maximum Gasteiger partial charge on any atom is 0.0107 e. The predicted octanol–water partition coefficient (Wildman–Crippen LogP) is 4.20. The lowest BCUT2D eigenvalue weighted by Crippen LogP contribution is -2.45. The summed E-state index contributed by atoms with van der Waals surface area (Å²) in [7, 11) is 0. The van der Waals surface area contributed by atoms with Gasteiger partial charge in [-0.15, -0.1) is 0 Å². The number of piperidine rings is 1. The lowest BCUT2D eigenvalue weighted by molar-refractivity contribution is 0.0879. The molecule has 21 heavy (non-hydrogen) atoms. The van der Waals surface area contributed by atoms with Crippen LogP contribution in [0.5, 0.6) is 0 Å². The van der Waals surface area contributed by atoms with E-state index < -0.39 is 0 Å². The molecular weight excluding hydrogens is 256 g/mol. The van der Waals surface area contributed by atoms with E-state index in [0.29, 0.717) is 0 Å². The fourth-order valence-electron chi connectivity index (χ4n) is 5.30. The number of rotatable bonds is 4. The zero-order valence-corrected chi connectivity index (χ0v) is 14.2. The van der Waals surface area contributed by atoms with E-state index in [2.05, 4.69) is 17.1 Å². The van der Waals surface area contributed by atoms with Crippen LogP contribution in [0.25, 0.3) is 0 Å². The Morgan fingerprint density at radius 3 is 2.33 bits per heavy atom. The molecule has 0 radical (unpaired) electrons. The normalized spacial score (nSPS) is 34.1. The zero-order valence-electron chi connectivity index (χ0n) is 14.2. The van der Waals surface area contributed by atoms with Gasteiger partial charge in [0.15, 0.2) is 0 Å². The van der Waals surface area contributed by atoms with Gasteiger partial charge in [0, 0.05) is 12.6 Å². The number of hydrogen-bond acceptors (Lipinski definition) is 2. The van der Waals surface area contributed by atoms with Crippen molar-refractivity contribution >= 4 is 0 Å². The fraction of sp³-hybridized carbons (Fsp3) is 1.00. The summed E-state index contributed by atoms with van der Waals surface area (Å²) < 4.78 is 0. The van der Waals surface area contributed by atoms with Gasteiger partial charge in [-0.3, -0.25) is 0 Å². The van der Waals surface area contributed by atoms with Gasteiger partial charge < -0.3 is 10.2 Å². The Labute approximate surface area is 132 Å². The van der Waals surface area contributed by atoms with Crippen molar-refractivity contribution in [2.45, 2.75) is 83.6 Å². The number of nitrogens with zero attached hydrogens (tertiary/aromatic N) is 1. The molecule has 122 valence electrons. The first kappa shape index (κ1) is 15.8. The van der Waals surface area contributed by atoms with Gasteiger partial charge in [0.25, 0.3) is 0 Å². The van der Waals surface area contributed by atoms with Crippen LogP contribution in [0.2, 0.25) is 0 Å². The molecule has 2 unspecified atom stereocenters. The second-order valence-electron chi connectivity index (χ2n) is 8.07. The van der Waals surface area contributed by atoms with Gasteiger partial charge in [-0.05, 0) is 69.5 Å². The molecule has 3 aliphatic rings. The van der Waals surface area contributed by atoms with Crippen molar-refractivity contribution in [3.05, 3.63) is 0 Å². The lowest BCUT2D eigenvalue weighted by atomic mass is 9.77. The van der Waals surface area contributed by atoms with Crippen LogP contribution in [0.15, 0.2) is 0 Å². The average Bonchev–Trinajstić information content (AvgIpc) is 2.84. The Morgan fingerprint density at radius 1 is 0.905 bits per heavy atom. The molecule has 2 atom stereocenters. The number of nitrogens with one attached hydrogen (secondary N) is 1. The van der Waals surface area contributed by atoms with Gasteiger partial charge in [-0.2, -0.15) is 0 Å². The van der Waals surface area contributed by atoms with E-state index in [1.807, 2.05) is 0 Å². The molecule has 1 spiro atoms. The molecule has 3 rings (SSSR count). The first-order valence-corrected chi connectivity index (χ1v) is 9.77. The smallest absolute Gasteiger partial charge is 0.0107 e. The molecule has 1 N–H and O–H groups in total. The molecule has 2 aliphatic carbocycles. The maximum absolute atomic E-state index is 3.79. The monoisotopic (exact) mass is 292 g/mol. The van der Waals surface area contributed by atoms with E-state index in [1.165, 1.54) is 90.3 Å². The van der Waals surface area contributed by atoms with Crippen LogP contribution in [0.1, 0.15) is 77.6 Å². The Morgan fingerprint density at radius 2 is 1.62 bits per heavy atom. The number of hydrogen-bond donors (Lipinski definition) is 1. The van der Waals surface area contributed by atoms with E-state index in [9.17, 15) is 0 Å². The topological polar surface area (TPSA) is 15.3 Å². The van der Waals surface area contributed by atoms with Gasteiger partial charge in [-0.1, -0.05) is 39.0 Å². The van der Waals surface area contributed by atoms with Gasteiger partial charge >= 0.3 is 0 Å². The van der Waals surface area contributed by atoms with E-state index >= 15 is 0 Å². The Bertz CT molecular complexity index is 299. The van der Waals surface area contributed by atoms with Gasteiger partial charge in [-0.25, -0.2) is 0 Å². The van der Waals surface area contributed by atoms with Crippen LogP contribution in [0.4, 0.5) is 0 Å². The minimum absolute atomic E-state index is 0.779. The maximum atomic E-state index is 3.79. The van der Waals surface area contributed by atoms with Crippen LogP contribution in [0, 0.1) is 11.3 Å². The quantitative estimate of drug-likeness (QED) is 0.781. The van der Waals surface area contributed by atoms with Crippen molar-refractivity contribution < 1.29 is 0 Å². The zero-order chi connectivity index (χ0) is 14.5. The SMILES string of the molecule is CCNC1CCCCCC1CN1CCC2(CCCC2)CC1. The molecule has 0 amide bonds. The molecule has 1 heterocycles. The highest BCUT2D eigenvalue weighted by atomic mass is 15.1. The highest BCUT2D eigenvalue weighted by Crippen LogP contribution is 2.46. The summed E-state index contributed by atoms with van der Waals surface area (Å²) in [5.41, 5.74) is 0.779. The summed E-state index contributed by atoms with van der Waals surface area (Å²) in [6, 6.07) is 0.792. The van der Waals surface area contributed by atoms with Gasteiger partial charge in [0.2, 0.25) is 0 Å². The second kappa shape index (κ2) is 7.46. The van der Waals surface area contributed by atoms with Crippen molar-refractivity contribution in [1.82, 2.24) is 10.2 Å². The standard InChI is InChI=1S/C19H36N2/c1-2-20-18-9-5-3-4-8-17(18)16-21-14-12-19(13-15-21)10-6-7-11-19/h17-18,20H,2-16H2,1H3. The fourth-order valence-corrected chi connectivity index (χ4v) is 5.30. The van der Waals surface area contributed by atoms with Crippen molar-refractivity contribution in [1.29, 1.82) is 0 Å². The molecule has 0 aromatic heterocycles. The van der Waals surface area contributed by atoms with Crippen LogP contribution in [-0.4, -0.2) is 37.1 Å². The van der Waals surface area contributed by atoms with E-state index in [1.54, 1.807) is 0 Å². The third-order valence-electron chi connectivity index (χ3n) is 6.70. The molecule has 0 aromatic rings. The van der Waals surface area contributed by atoms with Crippen LogP contribution in [0.3, 0.4) is 0 Å². The summed E-state index contributed by atoms with van der Waals surface area (Å²) in [5, 5.41) is 3.79. The first-order chi connectivity index (χ1) is 10.3. The molecule has 2 saturated carbocycles. The molecular formula is C19H36N2. The highest BCUT2D eigenvalue weighted by molar-refractivity contribution is 4.91. The van der Waals surface area contributed by atoms with Crippen LogP contribution in [-0.2, 0) is 0 Å². The summed E-state index contributed by atoms with van der Waals surface area (Å²) in [6.07, 6.45) is 16.3. The van der Waals surface area contributed by atoms with Gasteiger partial charge in [0.1, 0.15) is 0 Å². The van der Waals surface area contributed by atoms with Crippen molar-refractivity contribution in [2.75, 3.05) is 26.2 Å². The molecule has 1 aliphatic heterocycles. The first-order valence-electron chi connectivity index (χ1n) is 9.77. The lowest BCUT2D eigenvalue weighted by Gasteiger charge is -2.41. The van der Waals surface area contributed by atoms with E-state index in [-0.39, 0.29) is 0 Å². The molecule has 0 bridgehead atoms. The molecule has 3 fully saturated rings. The average molecular weight is 293 g/mol. The molecule has 0 aromatic carbocycles. The summed E-state index contributed by atoms with van der Waals surface area (Å²) >= 11 is 0. The Balaban J connectivity index is 1.50. The summed E-state index contributed by atoms with van der Waals surface area (Å²) in [4.78, 5) is 2.81. The predicted molar refractivity (Wildman–Crippen MR) is 90.6 cm³/mol. The molecule has 1 saturated heterocycles. The van der Waals surface area contributed by atoms with Crippen LogP contribution >= 0.6 is 0 Å². The number of likely N-dealkylation sites (tertiary alicyclic amines) is 1. The largest absolute Gasteiger partial charge is 0.314 e. The van der Waals surface area contributed by atoms with Crippen molar-refractivity contribution in [3.63, 3.8) is 0 Å². The third kappa shape index (κ3) is 4.01. The minimum Gasteiger partial charge on any atom is -0.314 e. The van der Waals surface area contributed by atoms with E-state index in [4.69, 9.17) is 0 Å². The second-order valence-corrected chi connectivity index (χ2v) is 8.07. The summed E-state index contributed by atoms with van der Waals surface area (Å²) in [6.45, 7) is 7.55. The minimum atomic E-state index is 0.779.